The molecule has 114 valence electrons. The van der Waals surface area contributed by atoms with Crippen LogP contribution in [0.4, 0.5) is 5.69 Å². The van der Waals surface area contributed by atoms with Gasteiger partial charge in [-0.25, -0.2) is 0 Å². The monoisotopic (exact) mass is 288 g/mol. The second kappa shape index (κ2) is 4.73. The van der Waals surface area contributed by atoms with Crippen molar-refractivity contribution in [1.29, 1.82) is 0 Å². The number of hydrogen-bond acceptors (Lipinski definition) is 3. The van der Waals surface area contributed by atoms with Crippen molar-refractivity contribution in [2.75, 3.05) is 25.1 Å². The minimum absolute atomic E-state index is 0.213. The lowest BCUT2D eigenvalue weighted by Gasteiger charge is -2.37. The number of nitrogens with one attached hydrogen (secondary N) is 1. The van der Waals surface area contributed by atoms with Gasteiger partial charge in [0.15, 0.2) is 0 Å². The molecule has 0 aliphatic carbocycles. The van der Waals surface area contributed by atoms with Crippen molar-refractivity contribution in [3.05, 3.63) is 23.8 Å². The number of carbonyl (C=O) groups is 1. The van der Waals surface area contributed by atoms with E-state index in [4.69, 9.17) is 4.74 Å². The van der Waals surface area contributed by atoms with Crippen molar-refractivity contribution in [3.8, 4) is 5.75 Å². The van der Waals surface area contributed by atoms with E-state index in [0.29, 0.717) is 0 Å². The molecule has 1 aromatic carbocycles. The van der Waals surface area contributed by atoms with Gasteiger partial charge in [0.05, 0.1) is 12.5 Å². The van der Waals surface area contributed by atoms with Crippen LogP contribution in [0.1, 0.15) is 39.2 Å². The Morgan fingerprint density at radius 3 is 2.48 bits per heavy atom. The number of hydrogen-bond donors (Lipinski definition) is 1. The quantitative estimate of drug-likeness (QED) is 0.863. The predicted octanol–water partition coefficient (Wildman–Crippen LogP) is 2.46. The summed E-state index contributed by atoms with van der Waals surface area (Å²) in [5, 5.41) is 3.37. The molecule has 0 unspecified atom stereocenters. The van der Waals surface area contributed by atoms with E-state index in [0.717, 1.165) is 42.9 Å². The van der Waals surface area contributed by atoms with E-state index < -0.39 is 0 Å². The molecule has 0 bridgehead atoms. The highest BCUT2D eigenvalue weighted by Crippen LogP contribution is 2.50. The van der Waals surface area contributed by atoms with Gasteiger partial charge in [-0.05, 0) is 70.5 Å². The van der Waals surface area contributed by atoms with Gasteiger partial charge in [0, 0.05) is 11.2 Å². The number of rotatable bonds is 1. The molecule has 1 amide bonds. The van der Waals surface area contributed by atoms with Crippen molar-refractivity contribution >= 4 is 11.6 Å². The maximum Gasteiger partial charge on any atom is 0.238 e. The number of anilines is 1. The summed E-state index contributed by atoms with van der Waals surface area (Å²) >= 11 is 0. The molecule has 0 saturated carbocycles. The van der Waals surface area contributed by atoms with E-state index in [1.54, 1.807) is 7.11 Å². The highest BCUT2D eigenvalue weighted by molar-refractivity contribution is 6.09. The summed E-state index contributed by atoms with van der Waals surface area (Å²) in [6, 6.07) is 6.04. The molecule has 0 aromatic heterocycles. The average molecular weight is 288 g/mol. The zero-order chi connectivity index (χ0) is 15.3. The van der Waals surface area contributed by atoms with E-state index in [9.17, 15) is 4.79 Å². The van der Waals surface area contributed by atoms with Crippen LogP contribution in [0.25, 0.3) is 0 Å². The minimum Gasteiger partial charge on any atom is -0.497 e. The third-order valence-corrected chi connectivity index (χ3v) is 4.70. The first-order valence-corrected chi connectivity index (χ1v) is 7.64. The molecule has 1 aromatic rings. The maximum absolute atomic E-state index is 13.2. The van der Waals surface area contributed by atoms with Gasteiger partial charge in [0.2, 0.25) is 5.91 Å². The molecule has 0 radical (unpaired) electrons. The van der Waals surface area contributed by atoms with Crippen molar-refractivity contribution in [1.82, 2.24) is 5.32 Å². The van der Waals surface area contributed by atoms with Crippen molar-refractivity contribution in [2.24, 2.45) is 0 Å². The molecule has 3 rings (SSSR count). The summed E-state index contributed by atoms with van der Waals surface area (Å²) in [5.74, 6) is 1.08. The third-order valence-electron chi connectivity index (χ3n) is 4.70. The smallest absolute Gasteiger partial charge is 0.238 e. The zero-order valence-corrected chi connectivity index (χ0v) is 13.3. The number of nitrogens with zero attached hydrogens (tertiary/aromatic N) is 1. The van der Waals surface area contributed by atoms with E-state index in [1.807, 2.05) is 17.0 Å². The number of methoxy groups -OCH3 is 1. The van der Waals surface area contributed by atoms with Gasteiger partial charge < -0.3 is 15.0 Å². The van der Waals surface area contributed by atoms with Crippen molar-refractivity contribution in [2.45, 2.75) is 44.6 Å². The Kier molecular flexibility index (Phi) is 3.24. The summed E-state index contributed by atoms with van der Waals surface area (Å²) in [7, 11) is 1.68. The molecular formula is C17H24N2O2. The molecule has 2 heterocycles. The molecule has 1 N–H and O–H groups in total. The molecule has 1 saturated heterocycles. The lowest BCUT2D eigenvalue weighted by molar-refractivity contribution is -0.125. The Labute approximate surface area is 126 Å². The van der Waals surface area contributed by atoms with Crippen LogP contribution in [0.5, 0.6) is 5.75 Å². The van der Waals surface area contributed by atoms with Gasteiger partial charge in [0.1, 0.15) is 5.75 Å². The fourth-order valence-corrected chi connectivity index (χ4v) is 3.66. The van der Waals surface area contributed by atoms with E-state index >= 15 is 0 Å². The zero-order valence-electron chi connectivity index (χ0n) is 13.3. The van der Waals surface area contributed by atoms with Crippen LogP contribution in [0.2, 0.25) is 0 Å². The van der Waals surface area contributed by atoms with Crippen LogP contribution < -0.4 is 15.0 Å². The van der Waals surface area contributed by atoms with Gasteiger partial charge in [-0.2, -0.15) is 0 Å². The lowest BCUT2D eigenvalue weighted by Crippen LogP contribution is -2.52. The number of amides is 1. The molecule has 1 spiro atoms. The Morgan fingerprint density at radius 2 is 1.90 bits per heavy atom. The highest BCUT2D eigenvalue weighted by Gasteiger charge is 2.53. The minimum atomic E-state index is -0.373. The molecule has 21 heavy (non-hydrogen) atoms. The molecule has 2 aliphatic rings. The Balaban J connectivity index is 2.19. The number of fused-ring (bicyclic) bond motifs is 2. The van der Waals surface area contributed by atoms with E-state index in [-0.39, 0.29) is 16.9 Å². The second-order valence-electron chi connectivity index (χ2n) is 7.03. The van der Waals surface area contributed by atoms with Crippen LogP contribution >= 0.6 is 0 Å². The van der Waals surface area contributed by atoms with E-state index in [1.165, 1.54) is 0 Å². The van der Waals surface area contributed by atoms with Crippen molar-refractivity contribution < 1.29 is 9.53 Å². The first-order chi connectivity index (χ1) is 9.90. The highest BCUT2D eigenvalue weighted by atomic mass is 16.5. The van der Waals surface area contributed by atoms with Gasteiger partial charge in [-0.15, -0.1) is 0 Å². The molecule has 4 nitrogen and oxygen atoms in total. The van der Waals surface area contributed by atoms with E-state index in [2.05, 4.69) is 32.2 Å². The topological polar surface area (TPSA) is 41.6 Å². The number of ether oxygens (including phenoxy) is 1. The fraction of sp³-hybridized carbons (Fsp3) is 0.588. The average Bonchev–Trinajstić information content (AvgIpc) is 2.69. The number of benzene rings is 1. The standard InChI is InChI=1S/C17H24N2O2/c1-16(2,3)19-14-6-5-12(21-4)11-13(14)17(15(19)20)7-9-18-10-8-17/h5-6,11,18H,7-10H2,1-4H3. The van der Waals surface area contributed by atoms with Gasteiger partial charge in [-0.1, -0.05) is 0 Å². The molecule has 2 aliphatic heterocycles. The number of piperidine rings is 1. The molecular weight excluding hydrogens is 264 g/mol. The van der Waals surface area contributed by atoms with Crippen LogP contribution in [0.15, 0.2) is 18.2 Å². The SMILES string of the molecule is COc1ccc2c(c1)C1(CCNCC1)C(=O)N2C(C)(C)C. The lowest BCUT2D eigenvalue weighted by atomic mass is 9.74. The summed E-state index contributed by atoms with van der Waals surface area (Å²) in [6.07, 6.45) is 1.72. The summed E-state index contributed by atoms with van der Waals surface area (Å²) in [6.45, 7) is 8.07. The Hall–Kier alpha value is -1.55. The van der Waals surface area contributed by atoms with Gasteiger partial charge in [-0.3, -0.25) is 4.79 Å². The largest absolute Gasteiger partial charge is 0.497 e. The molecule has 4 heteroatoms. The number of carbonyl (C=O) groups excluding carboxylic acids is 1. The first-order valence-electron chi connectivity index (χ1n) is 7.64. The fourth-order valence-electron chi connectivity index (χ4n) is 3.66. The van der Waals surface area contributed by atoms with Crippen LogP contribution in [-0.4, -0.2) is 31.6 Å². The maximum atomic E-state index is 13.2. The van der Waals surface area contributed by atoms with Crippen LogP contribution in [-0.2, 0) is 10.2 Å². The summed E-state index contributed by atoms with van der Waals surface area (Å²) < 4.78 is 5.38. The third kappa shape index (κ3) is 2.04. The van der Waals surface area contributed by atoms with Crippen LogP contribution in [0.3, 0.4) is 0 Å². The summed E-state index contributed by atoms with van der Waals surface area (Å²) in [5.41, 5.74) is 1.61. The van der Waals surface area contributed by atoms with Gasteiger partial charge >= 0.3 is 0 Å². The molecule has 0 atom stereocenters. The second-order valence-corrected chi connectivity index (χ2v) is 7.03. The Morgan fingerprint density at radius 1 is 1.24 bits per heavy atom. The summed E-state index contributed by atoms with van der Waals surface area (Å²) in [4.78, 5) is 15.2. The normalized spacial score (nSPS) is 20.8. The molecule has 1 fully saturated rings. The predicted molar refractivity (Wildman–Crippen MR) is 84.0 cm³/mol. The van der Waals surface area contributed by atoms with Gasteiger partial charge in [0.25, 0.3) is 0 Å². The first kappa shape index (κ1) is 14.4. The van der Waals surface area contributed by atoms with Crippen molar-refractivity contribution in [3.63, 3.8) is 0 Å². The van der Waals surface area contributed by atoms with Crippen LogP contribution in [0, 0.1) is 0 Å². The Bertz CT molecular complexity index is 569.